The van der Waals surface area contributed by atoms with Gasteiger partial charge in [-0.25, -0.2) is 0 Å². The molecule has 3 heterocycles. The van der Waals surface area contributed by atoms with Gasteiger partial charge in [0.25, 0.3) is 6.71 Å². The largest absolute Gasteiger partial charge is 0.456 e. The molecule has 0 radical (unpaired) electrons. The molecule has 0 amide bonds. The monoisotopic (exact) mass is 931 g/mol. The fourth-order valence-corrected chi connectivity index (χ4v) is 15.0. The fraction of sp³-hybridized carbons (Fsp3) is 0.373. The van der Waals surface area contributed by atoms with Crippen molar-refractivity contribution in [2.45, 2.75) is 162 Å². The van der Waals surface area contributed by atoms with Crippen LogP contribution in [0.4, 0.5) is 34.1 Å². The van der Waals surface area contributed by atoms with Gasteiger partial charge in [0.05, 0.1) is 16.8 Å². The Hall–Kier alpha value is -6.00. The van der Waals surface area contributed by atoms with Crippen LogP contribution in [0.15, 0.2) is 120 Å². The zero-order valence-electron chi connectivity index (χ0n) is 44.9. The van der Waals surface area contributed by atoms with Crippen molar-refractivity contribution in [1.29, 1.82) is 0 Å². The van der Waals surface area contributed by atoms with Crippen LogP contribution >= 0.6 is 0 Å². The molecule has 0 saturated carbocycles. The van der Waals surface area contributed by atoms with Crippen molar-refractivity contribution in [3.8, 4) is 11.1 Å². The van der Waals surface area contributed by atoms with E-state index in [1.165, 1.54) is 130 Å². The molecule has 0 saturated heterocycles. The first-order valence-electron chi connectivity index (χ1n) is 26.8. The van der Waals surface area contributed by atoms with E-state index in [1.807, 2.05) is 0 Å². The lowest BCUT2D eigenvalue weighted by molar-refractivity contribution is 0.332. The molecule has 1 aromatic heterocycles. The lowest BCUT2D eigenvalue weighted by Crippen LogP contribution is -2.61. The normalized spacial score (nSPS) is 20.0. The van der Waals surface area contributed by atoms with E-state index in [1.54, 1.807) is 0 Å². The van der Waals surface area contributed by atoms with Gasteiger partial charge >= 0.3 is 0 Å². The predicted octanol–water partition coefficient (Wildman–Crippen LogP) is 16.6. The van der Waals surface area contributed by atoms with Crippen LogP contribution in [0.25, 0.3) is 33.1 Å². The zero-order valence-corrected chi connectivity index (χ0v) is 44.9. The molecule has 3 nitrogen and oxygen atoms in total. The lowest BCUT2D eigenvalue weighted by Gasteiger charge is -2.47. The van der Waals surface area contributed by atoms with Crippen molar-refractivity contribution >= 4 is 79.2 Å². The van der Waals surface area contributed by atoms with Gasteiger partial charge in [-0.1, -0.05) is 150 Å². The van der Waals surface area contributed by atoms with E-state index < -0.39 is 0 Å². The summed E-state index contributed by atoms with van der Waals surface area (Å²) in [4.78, 5) is 5.39. The molecule has 0 spiro atoms. The van der Waals surface area contributed by atoms with E-state index in [0.717, 1.165) is 30.4 Å². The Morgan fingerprint density at radius 3 is 1.63 bits per heavy atom. The molecule has 358 valence electrons. The summed E-state index contributed by atoms with van der Waals surface area (Å²) in [7, 11) is 0. The Morgan fingerprint density at radius 2 is 0.972 bits per heavy atom. The van der Waals surface area contributed by atoms with Crippen LogP contribution in [0.5, 0.6) is 0 Å². The maximum atomic E-state index is 7.17. The SMILES string of the molecule is Cc1cc2c3c(c1)N(c1ccccc1-c1ccccc1)c1c(ccc4oc5cc6c(cc5c14)C(C)(C)CCC6(C)C)B3c1cc3c(cc1N2c1cc2c(cc1C)C(C)(C)CCC2(C)C)C(C)(C)CC3(C)C. The first-order valence-corrected chi connectivity index (χ1v) is 26.8. The summed E-state index contributed by atoms with van der Waals surface area (Å²) in [5, 5.41) is 2.42. The summed E-state index contributed by atoms with van der Waals surface area (Å²) in [5.41, 5.74) is 27.8. The third-order valence-electron chi connectivity index (χ3n) is 18.9. The first kappa shape index (κ1) is 44.9. The number of nitrogens with zero attached hydrogens (tertiary/aromatic N) is 2. The highest BCUT2D eigenvalue weighted by Gasteiger charge is 2.50. The summed E-state index contributed by atoms with van der Waals surface area (Å²) in [6, 6.07) is 45.4. The molecule has 4 heteroatoms. The van der Waals surface area contributed by atoms with Gasteiger partial charge in [0.1, 0.15) is 11.2 Å². The summed E-state index contributed by atoms with van der Waals surface area (Å²) in [6.45, 7) is 34.2. The maximum absolute atomic E-state index is 7.17. The average Bonchev–Trinajstić information content (AvgIpc) is 3.77. The van der Waals surface area contributed by atoms with Gasteiger partial charge in [0.2, 0.25) is 0 Å². The molecule has 3 aliphatic carbocycles. The molecule has 8 aromatic rings. The summed E-state index contributed by atoms with van der Waals surface area (Å²) >= 11 is 0. The van der Waals surface area contributed by atoms with Crippen LogP contribution in [-0.2, 0) is 32.5 Å². The molecular weight excluding hydrogens is 860 g/mol. The van der Waals surface area contributed by atoms with E-state index in [2.05, 4.69) is 222 Å². The van der Waals surface area contributed by atoms with E-state index in [0.29, 0.717) is 0 Å². The Balaban J connectivity index is 1.19. The second-order valence-electron chi connectivity index (χ2n) is 26.7. The number of rotatable bonds is 3. The van der Waals surface area contributed by atoms with E-state index in [4.69, 9.17) is 4.42 Å². The second-order valence-corrected chi connectivity index (χ2v) is 26.7. The number of benzene rings is 7. The summed E-state index contributed by atoms with van der Waals surface area (Å²) < 4.78 is 7.17. The van der Waals surface area contributed by atoms with Crippen LogP contribution in [0.1, 0.15) is 160 Å². The third kappa shape index (κ3) is 6.28. The quantitative estimate of drug-likeness (QED) is 0.165. The lowest BCUT2D eigenvalue weighted by atomic mass is 9.33. The van der Waals surface area contributed by atoms with Gasteiger partial charge in [-0.2, -0.15) is 0 Å². The number of fused-ring (bicyclic) bond motifs is 11. The van der Waals surface area contributed by atoms with E-state index in [9.17, 15) is 0 Å². The highest BCUT2D eigenvalue weighted by Crippen LogP contribution is 2.57. The maximum Gasteiger partial charge on any atom is 0.252 e. The Morgan fingerprint density at radius 1 is 0.437 bits per heavy atom. The molecule has 5 aliphatic rings. The van der Waals surface area contributed by atoms with Gasteiger partial charge in [0.15, 0.2) is 0 Å². The van der Waals surface area contributed by atoms with Crippen molar-refractivity contribution < 1.29 is 4.42 Å². The molecular formula is C67H71BN2O. The molecule has 2 aliphatic heterocycles. The molecule has 0 unspecified atom stereocenters. The number of anilines is 6. The first-order chi connectivity index (χ1) is 33.5. The van der Waals surface area contributed by atoms with Crippen LogP contribution in [-0.4, -0.2) is 6.71 Å². The van der Waals surface area contributed by atoms with Crippen LogP contribution < -0.4 is 26.2 Å². The van der Waals surface area contributed by atoms with Crippen molar-refractivity contribution in [2.75, 3.05) is 9.80 Å². The van der Waals surface area contributed by atoms with Gasteiger partial charge in [-0.15, -0.1) is 0 Å². The number of hydrogen-bond acceptors (Lipinski definition) is 3. The predicted molar refractivity (Wildman–Crippen MR) is 304 cm³/mol. The van der Waals surface area contributed by atoms with Crippen molar-refractivity contribution in [3.05, 3.63) is 160 Å². The Labute approximate surface area is 423 Å². The Kier molecular flexibility index (Phi) is 9.08. The highest BCUT2D eigenvalue weighted by atomic mass is 16.3. The molecule has 13 rings (SSSR count). The van der Waals surface area contributed by atoms with Crippen molar-refractivity contribution in [1.82, 2.24) is 0 Å². The summed E-state index contributed by atoms with van der Waals surface area (Å²) in [6.07, 6.45) is 5.80. The molecule has 71 heavy (non-hydrogen) atoms. The number of hydrogen-bond donors (Lipinski definition) is 0. The minimum absolute atomic E-state index is 0.0228. The highest BCUT2D eigenvalue weighted by molar-refractivity contribution is 7.00. The van der Waals surface area contributed by atoms with Gasteiger partial charge in [-0.05, 0) is 193 Å². The standard InChI is InChI=1S/C67H71BN2O/c1-39-30-55-60-56(31-39)70(52-23-19-18-22-42(52)41-20-16-15-17-21-41)61-50(24-25-57-59(61)43-33-45-49(37-58(43)71-57)65(9,10)29-27-63(45,5)6)68(60)51-34-46-48(67(13,14)38-66(46,11)12)36-54(51)69(55)53-35-47-44(32-40(53)2)62(3,4)26-28-64(47,7)8/h15-25,30-37H,26-29,38H2,1-14H3. The second kappa shape index (κ2) is 14.4. The van der Waals surface area contributed by atoms with Gasteiger partial charge < -0.3 is 14.2 Å². The minimum atomic E-state index is -0.0255. The van der Waals surface area contributed by atoms with Gasteiger partial charge in [0, 0.05) is 33.7 Å². The smallest absolute Gasteiger partial charge is 0.252 e. The van der Waals surface area contributed by atoms with Crippen LogP contribution in [0, 0.1) is 13.8 Å². The molecule has 0 bridgehead atoms. The van der Waals surface area contributed by atoms with Crippen molar-refractivity contribution in [2.24, 2.45) is 0 Å². The summed E-state index contributed by atoms with van der Waals surface area (Å²) in [5.74, 6) is 0. The van der Waals surface area contributed by atoms with Gasteiger partial charge in [-0.3, -0.25) is 0 Å². The number of para-hydroxylation sites is 1. The Bertz CT molecular complexity index is 3620. The van der Waals surface area contributed by atoms with Crippen LogP contribution in [0.2, 0.25) is 0 Å². The fourth-order valence-electron chi connectivity index (χ4n) is 15.0. The number of aryl methyl sites for hydroxylation is 2. The van der Waals surface area contributed by atoms with E-state index in [-0.39, 0.29) is 39.2 Å². The minimum Gasteiger partial charge on any atom is -0.456 e. The van der Waals surface area contributed by atoms with E-state index >= 15 is 0 Å². The molecule has 0 N–H and O–H groups in total. The number of furan rings is 1. The molecule has 7 aromatic carbocycles. The topological polar surface area (TPSA) is 19.6 Å². The average molecular weight is 931 g/mol. The molecule has 0 fully saturated rings. The van der Waals surface area contributed by atoms with Crippen molar-refractivity contribution in [3.63, 3.8) is 0 Å². The molecule has 0 atom stereocenters. The third-order valence-corrected chi connectivity index (χ3v) is 18.9. The zero-order chi connectivity index (χ0) is 49.7. The van der Waals surface area contributed by atoms with Crippen LogP contribution in [0.3, 0.4) is 0 Å².